The van der Waals surface area contributed by atoms with Crippen molar-refractivity contribution in [2.75, 3.05) is 26.2 Å². The first-order chi connectivity index (χ1) is 15.9. The Morgan fingerprint density at radius 2 is 1.73 bits per heavy atom. The van der Waals surface area contributed by atoms with E-state index >= 15 is 0 Å². The lowest BCUT2D eigenvalue weighted by molar-refractivity contribution is 0.0697. The molecule has 1 saturated heterocycles. The predicted molar refractivity (Wildman–Crippen MR) is 125 cm³/mol. The highest BCUT2D eigenvalue weighted by Gasteiger charge is 2.32. The van der Waals surface area contributed by atoms with E-state index in [4.69, 9.17) is 11.6 Å². The molecule has 4 aromatic rings. The zero-order chi connectivity index (χ0) is 23.0. The minimum Gasteiger partial charge on any atom is -0.336 e. The van der Waals surface area contributed by atoms with Crippen molar-refractivity contribution in [2.45, 2.75) is 5.16 Å². The van der Waals surface area contributed by atoms with Gasteiger partial charge in [0, 0.05) is 48.5 Å². The van der Waals surface area contributed by atoms with Gasteiger partial charge in [-0.2, -0.15) is 4.31 Å². The van der Waals surface area contributed by atoms with Crippen molar-refractivity contribution in [2.24, 2.45) is 0 Å². The number of rotatable bonds is 4. The van der Waals surface area contributed by atoms with E-state index in [0.717, 1.165) is 11.3 Å². The summed E-state index contributed by atoms with van der Waals surface area (Å²) < 4.78 is 27.4. The lowest BCUT2D eigenvalue weighted by atomic mass is 10.1. The molecule has 2 aromatic carbocycles. The normalized spacial score (nSPS) is 15.1. The summed E-state index contributed by atoms with van der Waals surface area (Å²) >= 11 is 5.98. The first kappa shape index (κ1) is 21.6. The number of amides is 1. The molecule has 0 saturated carbocycles. The molecule has 1 fully saturated rings. The fourth-order valence-electron chi connectivity index (χ4n) is 3.83. The minimum atomic E-state index is -3.81. The highest BCUT2D eigenvalue weighted by molar-refractivity contribution is 7.89. The van der Waals surface area contributed by atoms with Crippen LogP contribution < -0.4 is 0 Å². The molecule has 168 valence electrons. The number of aromatic nitrogens is 3. The molecule has 0 radical (unpaired) electrons. The van der Waals surface area contributed by atoms with Crippen molar-refractivity contribution in [3.63, 3.8) is 0 Å². The van der Waals surface area contributed by atoms with Crippen LogP contribution in [0.3, 0.4) is 0 Å². The maximum Gasteiger partial charge on any atom is 0.276 e. The van der Waals surface area contributed by atoms with Gasteiger partial charge in [0.05, 0.1) is 16.7 Å². The molecule has 2 aromatic heterocycles. The van der Waals surface area contributed by atoms with Crippen LogP contribution in [0.25, 0.3) is 22.3 Å². The van der Waals surface area contributed by atoms with Gasteiger partial charge < -0.3 is 9.88 Å². The average molecular weight is 482 g/mol. The van der Waals surface area contributed by atoms with Gasteiger partial charge in [-0.1, -0.05) is 29.8 Å². The van der Waals surface area contributed by atoms with E-state index in [0.29, 0.717) is 34.7 Å². The van der Waals surface area contributed by atoms with E-state index in [1.807, 2.05) is 30.3 Å². The minimum absolute atomic E-state index is 0.121. The number of piperazine rings is 1. The molecule has 0 aliphatic carbocycles. The lowest BCUT2D eigenvalue weighted by Gasteiger charge is -2.33. The van der Waals surface area contributed by atoms with Gasteiger partial charge in [0.1, 0.15) is 0 Å². The van der Waals surface area contributed by atoms with Crippen LogP contribution in [-0.4, -0.2) is 64.7 Å². The summed E-state index contributed by atoms with van der Waals surface area (Å²) in [4.78, 5) is 26.0. The number of pyridine rings is 1. The first-order valence-corrected chi connectivity index (χ1v) is 12.2. The maximum absolute atomic E-state index is 13.1. The molecular weight excluding hydrogens is 462 g/mol. The highest BCUT2D eigenvalue weighted by Crippen LogP contribution is 2.23. The molecule has 1 aliphatic rings. The third-order valence-electron chi connectivity index (χ3n) is 5.62. The zero-order valence-corrected chi connectivity index (χ0v) is 19.1. The van der Waals surface area contributed by atoms with Crippen LogP contribution in [0.2, 0.25) is 5.02 Å². The van der Waals surface area contributed by atoms with Crippen LogP contribution in [0, 0.1) is 0 Å². The molecule has 0 unspecified atom stereocenters. The van der Waals surface area contributed by atoms with Crippen molar-refractivity contribution in [3.05, 3.63) is 77.4 Å². The van der Waals surface area contributed by atoms with Crippen molar-refractivity contribution in [3.8, 4) is 11.3 Å². The quantitative estimate of drug-likeness (QED) is 0.481. The Labute approximate surface area is 195 Å². The molecule has 10 heteroatoms. The Balaban J connectivity index is 1.26. The second-order valence-corrected chi connectivity index (χ2v) is 9.98. The molecule has 0 atom stereocenters. The molecule has 5 rings (SSSR count). The fraction of sp³-hybridized carbons (Fsp3) is 0.174. The standard InChI is InChI=1S/C23H20ClN5O3S/c24-18-8-9-20-21(15-18)27-23(26-20)33(31,32)29-13-11-28(12-14-29)22(30)17-6-4-16(5-7-17)19-3-1-2-10-25-19/h1-10,15H,11-14H2,(H,26,27). The first-order valence-electron chi connectivity index (χ1n) is 10.4. The van der Waals surface area contributed by atoms with Crippen molar-refractivity contribution in [1.29, 1.82) is 0 Å². The van der Waals surface area contributed by atoms with Gasteiger partial charge in [-0.15, -0.1) is 0 Å². The van der Waals surface area contributed by atoms with Crippen LogP contribution in [0.15, 0.2) is 72.0 Å². The monoisotopic (exact) mass is 481 g/mol. The molecule has 1 N–H and O–H groups in total. The predicted octanol–water partition coefficient (Wildman–Crippen LogP) is 3.43. The SMILES string of the molecule is O=C(c1ccc(-c2ccccn2)cc1)N1CCN(S(=O)(=O)c2nc3ccc(Cl)cc3[nH]2)CC1. The molecule has 0 bridgehead atoms. The molecule has 33 heavy (non-hydrogen) atoms. The van der Waals surface area contributed by atoms with Gasteiger partial charge in [0.15, 0.2) is 0 Å². The maximum atomic E-state index is 13.1. The number of nitrogens with zero attached hydrogens (tertiary/aromatic N) is 4. The molecular formula is C23H20ClN5O3S. The number of nitrogens with one attached hydrogen (secondary N) is 1. The number of benzene rings is 2. The van der Waals surface area contributed by atoms with Crippen molar-refractivity contribution < 1.29 is 13.2 Å². The lowest BCUT2D eigenvalue weighted by Crippen LogP contribution is -2.50. The number of sulfonamides is 1. The highest BCUT2D eigenvalue weighted by atomic mass is 35.5. The molecule has 8 nitrogen and oxygen atoms in total. The van der Waals surface area contributed by atoms with E-state index < -0.39 is 10.0 Å². The second kappa shape index (κ2) is 8.58. The Hall–Kier alpha value is -3.27. The Morgan fingerprint density at radius 1 is 0.970 bits per heavy atom. The van der Waals surface area contributed by atoms with Crippen molar-refractivity contribution >= 4 is 38.6 Å². The summed E-state index contributed by atoms with van der Waals surface area (Å²) in [6, 6.07) is 17.9. The van der Waals surface area contributed by atoms with Gasteiger partial charge in [0.2, 0.25) is 5.16 Å². The molecule has 3 heterocycles. The largest absolute Gasteiger partial charge is 0.336 e. The van der Waals surface area contributed by atoms with Crippen molar-refractivity contribution in [1.82, 2.24) is 24.2 Å². The summed E-state index contributed by atoms with van der Waals surface area (Å²) in [5.74, 6) is -0.127. The summed E-state index contributed by atoms with van der Waals surface area (Å²) in [6.45, 7) is 0.980. The topological polar surface area (TPSA) is 99.3 Å². The number of hydrogen-bond donors (Lipinski definition) is 1. The summed E-state index contributed by atoms with van der Waals surface area (Å²) in [6.07, 6.45) is 1.72. The van der Waals surface area contributed by atoms with Gasteiger partial charge >= 0.3 is 0 Å². The van der Waals surface area contributed by atoms with E-state index in [2.05, 4.69) is 15.0 Å². The van der Waals surface area contributed by atoms with E-state index in [1.54, 1.807) is 41.4 Å². The number of carbonyl (C=O) groups excluding carboxylic acids is 1. The molecule has 1 aliphatic heterocycles. The number of H-pyrrole nitrogens is 1. The number of aromatic amines is 1. The average Bonchev–Trinajstić information content (AvgIpc) is 3.28. The van der Waals surface area contributed by atoms with E-state index in [9.17, 15) is 13.2 Å². The fourth-order valence-corrected chi connectivity index (χ4v) is 5.35. The van der Waals surface area contributed by atoms with Crippen LogP contribution >= 0.6 is 11.6 Å². The Kier molecular flexibility index (Phi) is 5.61. The van der Waals surface area contributed by atoms with Gasteiger partial charge in [0.25, 0.3) is 15.9 Å². The van der Waals surface area contributed by atoms with E-state index in [-0.39, 0.29) is 24.2 Å². The smallest absolute Gasteiger partial charge is 0.276 e. The Bertz CT molecular complexity index is 1410. The second-order valence-electron chi connectivity index (χ2n) is 7.69. The van der Waals surface area contributed by atoms with Crippen LogP contribution in [0.5, 0.6) is 0 Å². The summed E-state index contributed by atoms with van der Waals surface area (Å²) in [7, 11) is -3.81. The summed E-state index contributed by atoms with van der Waals surface area (Å²) in [5.41, 5.74) is 3.41. The zero-order valence-electron chi connectivity index (χ0n) is 17.5. The van der Waals surface area contributed by atoms with Gasteiger partial charge in [-0.05, 0) is 42.5 Å². The van der Waals surface area contributed by atoms with E-state index in [1.165, 1.54) is 4.31 Å². The third-order valence-corrected chi connectivity index (χ3v) is 7.59. The number of halogens is 1. The number of carbonyl (C=O) groups is 1. The summed E-state index contributed by atoms with van der Waals surface area (Å²) in [5, 5.41) is 0.375. The third kappa shape index (κ3) is 4.22. The van der Waals surface area contributed by atoms with Crippen LogP contribution in [0.1, 0.15) is 10.4 Å². The number of hydrogen-bond acceptors (Lipinski definition) is 5. The van der Waals surface area contributed by atoms with Crippen LogP contribution in [-0.2, 0) is 10.0 Å². The number of fused-ring (bicyclic) bond motifs is 1. The number of imidazole rings is 1. The van der Waals surface area contributed by atoms with Gasteiger partial charge in [-0.3, -0.25) is 9.78 Å². The molecule has 1 amide bonds. The molecule has 0 spiro atoms. The van der Waals surface area contributed by atoms with Crippen LogP contribution in [0.4, 0.5) is 0 Å². The van der Waals surface area contributed by atoms with Gasteiger partial charge in [-0.25, -0.2) is 13.4 Å². The Morgan fingerprint density at radius 3 is 2.42 bits per heavy atom.